The predicted octanol–water partition coefficient (Wildman–Crippen LogP) is 2.94. The number of guanidine groups is 1. The number of likely N-dealkylation sites (tertiary alicyclic amines) is 1. The molecule has 1 aromatic carbocycles. The number of ether oxygens (including phenoxy) is 1. The smallest absolute Gasteiger partial charge is 0.193 e. The van der Waals surface area contributed by atoms with Gasteiger partial charge in [-0.05, 0) is 37.2 Å². The Morgan fingerprint density at radius 2 is 1.96 bits per heavy atom. The molecule has 1 fully saturated rings. The van der Waals surface area contributed by atoms with Gasteiger partial charge >= 0.3 is 0 Å². The Labute approximate surface area is 140 Å². The first kappa shape index (κ1) is 17.8. The molecule has 1 aliphatic rings. The number of hydrogen-bond acceptors (Lipinski definition) is 2. The van der Waals surface area contributed by atoms with Gasteiger partial charge in [0.1, 0.15) is 0 Å². The van der Waals surface area contributed by atoms with Crippen molar-refractivity contribution in [2.75, 3.05) is 39.9 Å². The molecule has 4 nitrogen and oxygen atoms in total. The van der Waals surface area contributed by atoms with Gasteiger partial charge in [-0.25, -0.2) is 0 Å². The normalized spacial score (nSPS) is 16.6. The van der Waals surface area contributed by atoms with Crippen LogP contribution in [0.1, 0.15) is 31.7 Å². The molecule has 1 aromatic rings. The Morgan fingerprint density at radius 3 is 2.65 bits per heavy atom. The molecular formula is C19H31N3O. The molecule has 1 heterocycles. The monoisotopic (exact) mass is 317 g/mol. The maximum Gasteiger partial charge on any atom is 0.193 e. The summed E-state index contributed by atoms with van der Waals surface area (Å²) in [5.74, 6) is 1.89. The molecular weight excluding hydrogens is 286 g/mol. The number of benzene rings is 1. The standard InChI is InChI=1S/C19H31N3O/c1-17-9-13-22(14-10-17)19(20-2)21-12-6-15-23-16-11-18-7-4-3-5-8-18/h3-5,7-8,17H,6,9-16H2,1-2H3,(H,20,21). The Balaban J connectivity index is 1.52. The van der Waals surface area contributed by atoms with E-state index in [9.17, 15) is 0 Å². The van der Waals surface area contributed by atoms with Gasteiger partial charge in [-0.1, -0.05) is 37.3 Å². The minimum absolute atomic E-state index is 0.794. The highest BCUT2D eigenvalue weighted by Crippen LogP contribution is 2.15. The van der Waals surface area contributed by atoms with Crippen LogP contribution in [0.25, 0.3) is 0 Å². The van der Waals surface area contributed by atoms with Gasteiger partial charge in [-0.15, -0.1) is 0 Å². The Kier molecular flexibility index (Phi) is 7.95. The first-order valence-electron chi connectivity index (χ1n) is 8.87. The van der Waals surface area contributed by atoms with Crippen LogP contribution in [0.15, 0.2) is 35.3 Å². The zero-order valence-corrected chi connectivity index (χ0v) is 14.6. The van der Waals surface area contributed by atoms with Crippen molar-refractivity contribution in [2.45, 2.75) is 32.6 Å². The lowest BCUT2D eigenvalue weighted by Crippen LogP contribution is -2.45. The second kappa shape index (κ2) is 10.3. The highest BCUT2D eigenvalue weighted by Gasteiger charge is 2.18. The van der Waals surface area contributed by atoms with Crippen LogP contribution in [0.5, 0.6) is 0 Å². The molecule has 0 aromatic heterocycles. The Bertz CT molecular complexity index is 453. The van der Waals surface area contributed by atoms with Crippen molar-refractivity contribution in [1.29, 1.82) is 0 Å². The van der Waals surface area contributed by atoms with Gasteiger partial charge in [0.05, 0.1) is 6.61 Å². The van der Waals surface area contributed by atoms with E-state index in [2.05, 4.69) is 46.4 Å². The fraction of sp³-hybridized carbons (Fsp3) is 0.632. The summed E-state index contributed by atoms with van der Waals surface area (Å²) in [5.41, 5.74) is 1.34. The summed E-state index contributed by atoms with van der Waals surface area (Å²) in [7, 11) is 1.87. The zero-order valence-electron chi connectivity index (χ0n) is 14.6. The third kappa shape index (κ3) is 6.61. The summed E-state index contributed by atoms with van der Waals surface area (Å²) in [5, 5.41) is 3.46. The van der Waals surface area contributed by atoms with Crippen molar-refractivity contribution < 1.29 is 4.74 Å². The topological polar surface area (TPSA) is 36.9 Å². The van der Waals surface area contributed by atoms with Gasteiger partial charge in [-0.2, -0.15) is 0 Å². The van der Waals surface area contributed by atoms with Crippen molar-refractivity contribution in [3.63, 3.8) is 0 Å². The van der Waals surface area contributed by atoms with Gasteiger partial charge in [0.15, 0.2) is 5.96 Å². The van der Waals surface area contributed by atoms with E-state index in [4.69, 9.17) is 4.74 Å². The highest BCUT2D eigenvalue weighted by atomic mass is 16.5. The highest BCUT2D eigenvalue weighted by molar-refractivity contribution is 5.79. The molecule has 0 amide bonds. The number of rotatable bonds is 7. The second-order valence-electron chi connectivity index (χ2n) is 6.35. The summed E-state index contributed by atoms with van der Waals surface area (Å²) in [4.78, 5) is 6.77. The largest absolute Gasteiger partial charge is 0.381 e. The molecule has 0 bridgehead atoms. The number of nitrogens with one attached hydrogen (secondary N) is 1. The van der Waals surface area contributed by atoms with Gasteiger partial charge in [0, 0.05) is 33.3 Å². The van der Waals surface area contributed by atoms with E-state index in [-0.39, 0.29) is 0 Å². The summed E-state index contributed by atoms with van der Waals surface area (Å²) >= 11 is 0. The zero-order chi connectivity index (χ0) is 16.3. The summed E-state index contributed by atoms with van der Waals surface area (Å²) in [6.45, 7) is 7.09. The van der Waals surface area contributed by atoms with Crippen molar-refractivity contribution >= 4 is 5.96 Å². The van der Waals surface area contributed by atoms with E-state index >= 15 is 0 Å². The first-order chi connectivity index (χ1) is 11.3. The molecule has 0 radical (unpaired) electrons. The molecule has 1 N–H and O–H groups in total. The van der Waals surface area contributed by atoms with Crippen molar-refractivity contribution in [3.05, 3.63) is 35.9 Å². The van der Waals surface area contributed by atoms with E-state index in [1.54, 1.807) is 0 Å². The number of piperidine rings is 1. The van der Waals surface area contributed by atoms with Crippen LogP contribution in [-0.4, -0.2) is 50.8 Å². The summed E-state index contributed by atoms with van der Waals surface area (Å²) in [6.07, 6.45) is 4.53. The van der Waals surface area contributed by atoms with Crippen molar-refractivity contribution in [3.8, 4) is 0 Å². The van der Waals surface area contributed by atoms with E-state index in [0.29, 0.717) is 0 Å². The average molecular weight is 317 g/mol. The third-order valence-corrected chi connectivity index (χ3v) is 4.42. The fourth-order valence-electron chi connectivity index (χ4n) is 2.86. The number of nitrogens with zero attached hydrogens (tertiary/aromatic N) is 2. The van der Waals surface area contributed by atoms with Gasteiger partial charge in [-0.3, -0.25) is 4.99 Å². The van der Waals surface area contributed by atoms with Crippen LogP contribution in [-0.2, 0) is 11.2 Å². The lowest BCUT2D eigenvalue weighted by Gasteiger charge is -2.32. The van der Waals surface area contributed by atoms with E-state index < -0.39 is 0 Å². The van der Waals surface area contributed by atoms with Gasteiger partial charge in [0.25, 0.3) is 0 Å². The summed E-state index contributed by atoms with van der Waals surface area (Å²) < 4.78 is 5.72. The van der Waals surface area contributed by atoms with E-state index in [1.807, 2.05) is 13.1 Å². The van der Waals surface area contributed by atoms with E-state index in [1.165, 1.54) is 18.4 Å². The first-order valence-corrected chi connectivity index (χ1v) is 8.87. The van der Waals surface area contributed by atoms with Gasteiger partial charge in [0.2, 0.25) is 0 Å². The molecule has 128 valence electrons. The number of aliphatic imine (C=N–C) groups is 1. The van der Waals surface area contributed by atoms with E-state index in [0.717, 1.165) is 57.6 Å². The predicted molar refractivity (Wildman–Crippen MR) is 96.9 cm³/mol. The Morgan fingerprint density at radius 1 is 1.22 bits per heavy atom. The quantitative estimate of drug-likeness (QED) is 0.477. The van der Waals surface area contributed by atoms with Crippen LogP contribution in [0, 0.1) is 5.92 Å². The molecule has 2 rings (SSSR count). The van der Waals surface area contributed by atoms with Crippen LogP contribution < -0.4 is 5.32 Å². The van der Waals surface area contributed by atoms with Crippen LogP contribution in [0.2, 0.25) is 0 Å². The number of hydrogen-bond donors (Lipinski definition) is 1. The van der Waals surface area contributed by atoms with Crippen LogP contribution in [0.4, 0.5) is 0 Å². The maximum atomic E-state index is 5.72. The van der Waals surface area contributed by atoms with Crippen molar-refractivity contribution in [2.24, 2.45) is 10.9 Å². The molecule has 0 aliphatic carbocycles. The maximum absolute atomic E-state index is 5.72. The SMILES string of the molecule is CN=C(NCCCOCCc1ccccc1)N1CCC(C)CC1. The molecule has 1 saturated heterocycles. The Hall–Kier alpha value is -1.55. The van der Waals surface area contributed by atoms with Crippen molar-refractivity contribution in [1.82, 2.24) is 10.2 Å². The lowest BCUT2D eigenvalue weighted by molar-refractivity contribution is 0.135. The van der Waals surface area contributed by atoms with Crippen LogP contribution >= 0.6 is 0 Å². The fourth-order valence-corrected chi connectivity index (χ4v) is 2.86. The molecule has 0 saturated carbocycles. The molecule has 0 spiro atoms. The molecule has 0 unspecified atom stereocenters. The molecule has 4 heteroatoms. The lowest BCUT2D eigenvalue weighted by atomic mass is 10.00. The molecule has 23 heavy (non-hydrogen) atoms. The van der Waals surface area contributed by atoms with Crippen LogP contribution in [0.3, 0.4) is 0 Å². The molecule has 1 aliphatic heterocycles. The van der Waals surface area contributed by atoms with Gasteiger partial charge < -0.3 is 15.0 Å². The molecule has 0 atom stereocenters. The second-order valence-corrected chi connectivity index (χ2v) is 6.35. The summed E-state index contributed by atoms with van der Waals surface area (Å²) in [6, 6.07) is 10.5. The minimum atomic E-state index is 0.794. The average Bonchev–Trinajstić information content (AvgIpc) is 2.59. The minimum Gasteiger partial charge on any atom is -0.381 e. The third-order valence-electron chi connectivity index (χ3n) is 4.42.